The molecule has 1 amide bonds. The van der Waals surface area contributed by atoms with E-state index in [-0.39, 0.29) is 5.91 Å². The Bertz CT molecular complexity index is 897. The Hall–Kier alpha value is -2.83. The number of H-pyrrole nitrogens is 1. The smallest absolute Gasteiger partial charge is 0.279 e. The van der Waals surface area contributed by atoms with E-state index in [9.17, 15) is 4.79 Å². The number of methoxy groups -OCH3 is 1. The Morgan fingerprint density at radius 3 is 3.04 bits per heavy atom. The highest BCUT2D eigenvalue weighted by Gasteiger charge is 2.24. The third-order valence-electron chi connectivity index (χ3n) is 4.42. The number of nitrogens with zero attached hydrogens (tertiary/aromatic N) is 2. The third-order valence-corrected chi connectivity index (χ3v) is 4.42. The number of anilines is 1. The molecule has 0 spiro atoms. The topological polar surface area (TPSA) is 93.0 Å². The Morgan fingerprint density at radius 1 is 1.29 bits per heavy atom. The first kappa shape index (κ1) is 14.7. The van der Waals surface area contributed by atoms with Gasteiger partial charge in [-0.05, 0) is 31.4 Å². The van der Waals surface area contributed by atoms with Crippen LogP contribution in [-0.2, 0) is 12.8 Å². The lowest BCUT2D eigenvalue weighted by atomic mass is 10.1. The van der Waals surface area contributed by atoms with E-state index in [1.807, 2.05) is 18.2 Å². The van der Waals surface area contributed by atoms with Crippen molar-refractivity contribution in [3.05, 3.63) is 35.2 Å². The van der Waals surface area contributed by atoms with Gasteiger partial charge in [0, 0.05) is 23.4 Å². The number of nitrogens with one attached hydrogen (secondary N) is 2. The molecule has 2 N–H and O–H groups in total. The predicted octanol–water partition coefficient (Wildman–Crippen LogP) is 3.08. The predicted molar refractivity (Wildman–Crippen MR) is 88.4 cm³/mol. The Balaban J connectivity index is 1.62. The number of benzene rings is 1. The highest BCUT2D eigenvalue weighted by molar-refractivity contribution is 6.07. The molecule has 7 nitrogen and oxygen atoms in total. The molecule has 0 unspecified atom stereocenters. The van der Waals surface area contributed by atoms with Crippen LogP contribution < -0.4 is 10.1 Å². The minimum Gasteiger partial charge on any atom is -0.497 e. The zero-order chi connectivity index (χ0) is 16.5. The fourth-order valence-electron chi connectivity index (χ4n) is 3.13. The normalized spacial score (nSPS) is 14.2. The van der Waals surface area contributed by atoms with Crippen LogP contribution in [0.25, 0.3) is 10.9 Å². The summed E-state index contributed by atoms with van der Waals surface area (Å²) in [5, 5.41) is 14.7. The maximum atomic E-state index is 12.6. The van der Waals surface area contributed by atoms with Gasteiger partial charge in [-0.3, -0.25) is 9.89 Å². The van der Waals surface area contributed by atoms with Crippen LogP contribution in [0.15, 0.2) is 22.7 Å². The van der Waals surface area contributed by atoms with Gasteiger partial charge >= 0.3 is 0 Å². The van der Waals surface area contributed by atoms with E-state index in [0.29, 0.717) is 11.5 Å². The standard InChI is InChI=1S/C17H18N4O3/c1-23-10-7-8-11-13(9-10)19-20-16(11)18-17(22)15-12-5-3-2-4-6-14(12)24-21-15/h7-9H,2-6H2,1H3,(H2,18,19,20,22). The van der Waals surface area contributed by atoms with E-state index in [1.54, 1.807) is 7.11 Å². The molecule has 0 atom stereocenters. The molecule has 0 saturated heterocycles. The number of amides is 1. The molecule has 124 valence electrons. The summed E-state index contributed by atoms with van der Waals surface area (Å²) < 4.78 is 10.6. The lowest BCUT2D eigenvalue weighted by Crippen LogP contribution is -2.15. The van der Waals surface area contributed by atoms with Crippen molar-refractivity contribution in [2.45, 2.75) is 32.1 Å². The fourth-order valence-corrected chi connectivity index (χ4v) is 3.13. The molecule has 2 heterocycles. The fraction of sp³-hybridized carbons (Fsp3) is 0.353. The molecule has 7 heteroatoms. The molecule has 24 heavy (non-hydrogen) atoms. The van der Waals surface area contributed by atoms with Crippen LogP contribution in [0, 0.1) is 0 Å². The second-order valence-corrected chi connectivity index (χ2v) is 5.93. The summed E-state index contributed by atoms with van der Waals surface area (Å²) in [6.07, 6.45) is 4.96. The average molecular weight is 326 g/mol. The second kappa shape index (κ2) is 5.99. The van der Waals surface area contributed by atoms with Crippen molar-refractivity contribution in [1.29, 1.82) is 0 Å². The van der Waals surface area contributed by atoms with Crippen molar-refractivity contribution in [2.24, 2.45) is 0 Å². The number of aryl methyl sites for hydroxylation is 1. The molecule has 2 aromatic heterocycles. The van der Waals surface area contributed by atoms with Crippen LogP contribution in [0.2, 0.25) is 0 Å². The molecular weight excluding hydrogens is 308 g/mol. The van der Waals surface area contributed by atoms with E-state index in [2.05, 4.69) is 20.7 Å². The first-order valence-electron chi connectivity index (χ1n) is 8.07. The van der Waals surface area contributed by atoms with Crippen molar-refractivity contribution in [3.63, 3.8) is 0 Å². The minimum absolute atomic E-state index is 0.286. The highest BCUT2D eigenvalue weighted by Crippen LogP contribution is 2.27. The van der Waals surface area contributed by atoms with E-state index in [4.69, 9.17) is 9.26 Å². The van der Waals surface area contributed by atoms with E-state index >= 15 is 0 Å². The molecule has 1 aliphatic carbocycles. The quantitative estimate of drug-likeness (QED) is 0.722. The lowest BCUT2D eigenvalue weighted by Gasteiger charge is -2.03. The van der Waals surface area contributed by atoms with Crippen molar-refractivity contribution in [2.75, 3.05) is 12.4 Å². The van der Waals surface area contributed by atoms with Crippen LogP contribution in [0.4, 0.5) is 5.82 Å². The van der Waals surface area contributed by atoms with Gasteiger partial charge in [0.05, 0.1) is 12.6 Å². The van der Waals surface area contributed by atoms with Crippen LogP contribution in [-0.4, -0.2) is 28.4 Å². The summed E-state index contributed by atoms with van der Waals surface area (Å²) in [7, 11) is 1.61. The van der Waals surface area contributed by atoms with E-state index in [1.165, 1.54) is 0 Å². The van der Waals surface area contributed by atoms with Crippen molar-refractivity contribution >= 4 is 22.6 Å². The van der Waals surface area contributed by atoms with Crippen LogP contribution in [0.5, 0.6) is 5.75 Å². The Kier molecular flexibility index (Phi) is 3.68. The molecule has 4 rings (SSSR count). The molecule has 3 aromatic rings. The highest BCUT2D eigenvalue weighted by atomic mass is 16.5. The zero-order valence-corrected chi connectivity index (χ0v) is 13.4. The SMILES string of the molecule is COc1ccc2c(NC(=O)c3noc4c3CCCCC4)n[nH]c2c1. The molecule has 0 radical (unpaired) electrons. The minimum atomic E-state index is -0.286. The van der Waals surface area contributed by atoms with Crippen molar-refractivity contribution < 1.29 is 14.1 Å². The molecule has 0 bridgehead atoms. The van der Waals surface area contributed by atoms with Gasteiger partial charge in [0.25, 0.3) is 5.91 Å². The second-order valence-electron chi connectivity index (χ2n) is 5.93. The Morgan fingerprint density at radius 2 is 2.17 bits per heavy atom. The summed E-state index contributed by atoms with van der Waals surface area (Å²) in [5.74, 6) is 1.76. The largest absolute Gasteiger partial charge is 0.497 e. The zero-order valence-electron chi connectivity index (χ0n) is 13.4. The van der Waals surface area contributed by atoms with Crippen molar-refractivity contribution in [1.82, 2.24) is 15.4 Å². The monoisotopic (exact) mass is 326 g/mol. The van der Waals surface area contributed by atoms with Crippen LogP contribution in [0.3, 0.4) is 0 Å². The first-order chi connectivity index (χ1) is 11.8. The first-order valence-corrected chi connectivity index (χ1v) is 8.07. The van der Waals surface area contributed by atoms with Gasteiger partial charge in [0.1, 0.15) is 11.5 Å². The summed E-state index contributed by atoms with van der Waals surface area (Å²) in [6, 6.07) is 5.52. The molecular formula is C17H18N4O3. The molecule has 1 aliphatic rings. The summed E-state index contributed by atoms with van der Waals surface area (Å²) in [4.78, 5) is 12.6. The number of fused-ring (bicyclic) bond motifs is 2. The number of ether oxygens (including phenoxy) is 1. The van der Waals surface area contributed by atoms with Gasteiger partial charge in [0.2, 0.25) is 0 Å². The molecule has 0 fully saturated rings. The molecule has 1 aromatic carbocycles. The maximum absolute atomic E-state index is 12.6. The van der Waals surface area contributed by atoms with Gasteiger partial charge in [-0.25, -0.2) is 0 Å². The van der Waals surface area contributed by atoms with E-state index < -0.39 is 0 Å². The van der Waals surface area contributed by atoms with Gasteiger partial charge in [-0.2, -0.15) is 5.10 Å². The molecule has 0 aliphatic heterocycles. The number of rotatable bonds is 3. The average Bonchev–Trinajstić information content (AvgIpc) is 3.11. The summed E-state index contributed by atoms with van der Waals surface area (Å²) >= 11 is 0. The van der Waals surface area contributed by atoms with Gasteiger partial charge < -0.3 is 14.6 Å². The summed E-state index contributed by atoms with van der Waals surface area (Å²) in [6.45, 7) is 0. The number of aromatic amines is 1. The van der Waals surface area contributed by atoms with Gasteiger partial charge in [-0.15, -0.1) is 0 Å². The third kappa shape index (κ3) is 2.51. The lowest BCUT2D eigenvalue weighted by molar-refractivity contribution is 0.101. The van der Waals surface area contributed by atoms with E-state index in [0.717, 1.165) is 60.1 Å². The van der Waals surface area contributed by atoms with Crippen LogP contribution >= 0.6 is 0 Å². The van der Waals surface area contributed by atoms with Crippen molar-refractivity contribution in [3.8, 4) is 5.75 Å². The maximum Gasteiger partial charge on any atom is 0.279 e. The number of carbonyl (C=O) groups excluding carboxylic acids is 1. The number of carbonyl (C=O) groups is 1. The number of aromatic nitrogens is 3. The number of hydrogen-bond donors (Lipinski definition) is 2. The van der Waals surface area contributed by atoms with Gasteiger partial charge in [-0.1, -0.05) is 11.6 Å². The summed E-state index contributed by atoms with van der Waals surface area (Å²) in [5.41, 5.74) is 2.10. The van der Waals surface area contributed by atoms with Crippen LogP contribution in [0.1, 0.15) is 41.1 Å². The molecule has 0 saturated carbocycles. The number of hydrogen-bond acceptors (Lipinski definition) is 5. The Labute approximate surface area is 138 Å². The van der Waals surface area contributed by atoms with Gasteiger partial charge in [0.15, 0.2) is 11.5 Å².